The molecule has 2 aliphatic heterocycles. The zero-order chi connectivity index (χ0) is 24.5. The number of halogens is 3. The second-order valence-corrected chi connectivity index (χ2v) is 8.80. The van der Waals surface area contributed by atoms with Crippen LogP contribution in [0.4, 0.5) is 18.0 Å². The van der Waals surface area contributed by atoms with Crippen molar-refractivity contribution in [2.45, 2.75) is 32.1 Å². The summed E-state index contributed by atoms with van der Waals surface area (Å²) in [6.07, 6.45) is -2.45. The fourth-order valence-corrected chi connectivity index (χ4v) is 4.06. The molecule has 182 valence electrons. The monoisotopic (exact) mass is 475 g/mol. The Morgan fingerprint density at radius 2 is 1.71 bits per heavy atom. The molecule has 3 heterocycles. The fraction of sp³-hybridized carbons (Fsp3) is 0.478. The second kappa shape index (κ2) is 9.67. The van der Waals surface area contributed by atoms with Crippen LogP contribution in [0.3, 0.4) is 0 Å². The van der Waals surface area contributed by atoms with E-state index < -0.39 is 24.1 Å². The Hall–Kier alpha value is -3.05. The number of nitrogens with one attached hydrogen (secondary N) is 1. The van der Waals surface area contributed by atoms with Gasteiger partial charge in [0, 0.05) is 44.1 Å². The van der Waals surface area contributed by atoms with E-state index in [4.69, 9.17) is 0 Å². The summed E-state index contributed by atoms with van der Waals surface area (Å²) >= 11 is 0. The number of likely N-dealkylation sites (N-methyl/N-ethyl adjacent to an activating group) is 1. The van der Waals surface area contributed by atoms with Crippen molar-refractivity contribution in [1.82, 2.24) is 30.1 Å². The Balaban J connectivity index is 1.50. The number of hydrazone groups is 1. The van der Waals surface area contributed by atoms with E-state index in [2.05, 4.69) is 37.2 Å². The Morgan fingerprint density at radius 1 is 1.09 bits per heavy atom. The van der Waals surface area contributed by atoms with E-state index in [-0.39, 0.29) is 6.04 Å². The molecule has 4 rings (SSSR count). The molecule has 1 saturated heterocycles. The maximum atomic E-state index is 13.0. The number of carbonyl (C=O) groups excluding carboxylic acids is 1. The number of aryl methyl sites for hydroxylation is 1. The van der Waals surface area contributed by atoms with Crippen LogP contribution in [-0.4, -0.2) is 82.3 Å². The van der Waals surface area contributed by atoms with Crippen molar-refractivity contribution in [1.29, 1.82) is 0 Å². The van der Waals surface area contributed by atoms with E-state index in [9.17, 15) is 18.0 Å². The van der Waals surface area contributed by atoms with Crippen LogP contribution >= 0.6 is 0 Å². The smallest absolute Gasteiger partial charge is 0.330 e. The average Bonchev–Trinajstić information content (AvgIpc) is 3.25. The Bertz CT molecular complexity index is 1030. The molecule has 1 fully saturated rings. The maximum Gasteiger partial charge on any atom is 0.451 e. The van der Waals surface area contributed by atoms with Crippen LogP contribution < -0.4 is 5.32 Å². The summed E-state index contributed by atoms with van der Waals surface area (Å²) in [6.45, 7) is 7.72. The molecule has 1 aromatic heterocycles. The van der Waals surface area contributed by atoms with Gasteiger partial charge in [0.15, 0.2) is 0 Å². The summed E-state index contributed by atoms with van der Waals surface area (Å²) in [4.78, 5) is 24.4. The molecule has 0 spiro atoms. The minimum absolute atomic E-state index is 0.0353. The number of nitrogens with zero attached hydrogens (tertiary/aromatic N) is 6. The van der Waals surface area contributed by atoms with Gasteiger partial charge in [-0.25, -0.2) is 19.8 Å². The van der Waals surface area contributed by atoms with Gasteiger partial charge in [0.2, 0.25) is 5.82 Å². The molecule has 2 aromatic rings. The van der Waals surface area contributed by atoms with Gasteiger partial charge in [-0.05, 0) is 26.5 Å². The van der Waals surface area contributed by atoms with E-state index in [1.165, 1.54) is 5.01 Å². The van der Waals surface area contributed by atoms with Gasteiger partial charge >= 0.3 is 12.2 Å². The van der Waals surface area contributed by atoms with E-state index in [0.717, 1.165) is 55.4 Å². The molecular formula is C23H28F3N7O. The largest absolute Gasteiger partial charge is 0.451 e. The first-order valence-corrected chi connectivity index (χ1v) is 11.2. The van der Waals surface area contributed by atoms with Gasteiger partial charge in [0.25, 0.3) is 0 Å². The molecule has 34 heavy (non-hydrogen) atoms. The summed E-state index contributed by atoms with van der Waals surface area (Å²) in [7, 11) is 2.09. The first-order valence-electron chi connectivity index (χ1n) is 11.2. The van der Waals surface area contributed by atoms with Gasteiger partial charge in [0.1, 0.15) is 0 Å². The quantitative estimate of drug-likeness (QED) is 0.736. The van der Waals surface area contributed by atoms with Crippen molar-refractivity contribution in [2.75, 3.05) is 39.8 Å². The Labute approximate surface area is 196 Å². The number of alkyl halides is 3. The average molecular weight is 476 g/mol. The van der Waals surface area contributed by atoms with E-state index in [0.29, 0.717) is 12.1 Å². The Morgan fingerprint density at radius 3 is 2.29 bits per heavy atom. The molecule has 2 amide bonds. The molecule has 2 aliphatic rings. The summed E-state index contributed by atoms with van der Waals surface area (Å²) in [5.41, 5.74) is 3.32. The summed E-state index contributed by atoms with van der Waals surface area (Å²) in [5.74, 6) is -1.21. The van der Waals surface area contributed by atoms with Crippen molar-refractivity contribution < 1.29 is 18.0 Å². The molecule has 0 bridgehead atoms. The number of rotatable bonds is 4. The number of carbonyl (C=O) groups is 1. The van der Waals surface area contributed by atoms with Gasteiger partial charge in [-0.2, -0.15) is 18.3 Å². The van der Waals surface area contributed by atoms with Crippen molar-refractivity contribution >= 4 is 11.7 Å². The second-order valence-electron chi connectivity index (χ2n) is 8.80. The van der Waals surface area contributed by atoms with Gasteiger partial charge < -0.3 is 10.2 Å². The molecule has 1 N–H and O–H groups in total. The van der Waals surface area contributed by atoms with Crippen molar-refractivity contribution in [2.24, 2.45) is 5.10 Å². The lowest BCUT2D eigenvalue weighted by molar-refractivity contribution is -0.145. The number of hydrogen-bond donors (Lipinski definition) is 1. The normalized spacial score (nSPS) is 20.8. The number of amides is 2. The summed E-state index contributed by atoms with van der Waals surface area (Å²) in [6, 6.07) is 7.03. The van der Waals surface area contributed by atoms with Crippen LogP contribution in [0.2, 0.25) is 0 Å². The maximum absolute atomic E-state index is 13.0. The molecule has 8 nitrogen and oxygen atoms in total. The molecule has 0 saturated carbocycles. The third kappa shape index (κ3) is 5.36. The fourth-order valence-electron chi connectivity index (χ4n) is 4.06. The number of piperazine rings is 1. The van der Waals surface area contributed by atoms with Crippen LogP contribution in [0.25, 0.3) is 0 Å². The third-order valence-corrected chi connectivity index (χ3v) is 6.22. The molecule has 1 aromatic carbocycles. The SMILES string of the molecule is Cc1ccc(C2=NN(C(=O)N[C@H](C)c3cnc(C(F)(F)F)nc3)C[C@H]2N2CCN(C)CC2)cc1. The highest BCUT2D eigenvalue weighted by molar-refractivity contribution is 6.06. The number of urea groups is 1. The molecule has 2 atom stereocenters. The highest BCUT2D eigenvalue weighted by Gasteiger charge is 2.37. The zero-order valence-corrected chi connectivity index (χ0v) is 19.4. The van der Waals surface area contributed by atoms with E-state index in [1.54, 1.807) is 6.92 Å². The number of benzene rings is 1. The topological polar surface area (TPSA) is 77.0 Å². The highest BCUT2D eigenvalue weighted by atomic mass is 19.4. The van der Waals surface area contributed by atoms with Crippen LogP contribution in [-0.2, 0) is 6.18 Å². The lowest BCUT2D eigenvalue weighted by Gasteiger charge is -2.36. The van der Waals surface area contributed by atoms with Crippen LogP contribution in [0.5, 0.6) is 0 Å². The van der Waals surface area contributed by atoms with Gasteiger partial charge in [-0.1, -0.05) is 29.8 Å². The molecule has 0 unspecified atom stereocenters. The predicted molar refractivity (Wildman–Crippen MR) is 121 cm³/mol. The van der Waals surface area contributed by atoms with E-state index in [1.807, 2.05) is 31.2 Å². The van der Waals surface area contributed by atoms with E-state index >= 15 is 0 Å². The van der Waals surface area contributed by atoms with Crippen molar-refractivity contribution in [3.63, 3.8) is 0 Å². The first kappa shape index (κ1) is 24.1. The zero-order valence-electron chi connectivity index (χ0n) is 19.4. The lowest BCUT2D eigenvalue weighted by atomic mass is 10.0. The van der Waals surface area contributed by atoms with Gasteiger partial charge in [-0.3, -0.25) is 4.90 Å². The van der Waals surface area contributed by atoms with Crippen LogP contribution in [0.15, 0.2) is 41.8 Å². The molecule has 0 radical (unpaired) electrons. The minimum Gasteiger partial charge on any atom is -0.330 e. The van der Waals surface area contributed by atoms with Crippen LogP contribution in [0.1, 0.15) is 35.5 Å². The molecule has 11 heteroatoms. The first-order chi connectivity index (χ1) is 16.1. The Kier molecular flexibility index (Phi) is 6.85. The molecule has 0 aliphatic carbocycles. The van der Waals surface area contributed by atoms with Gasteiger partial charge in [0.05, 0.1) is 24.3 Å². The predicted octanol–water partition coefficient (Wildman–Crippen LogP) is 2.91. The van der Waals surface area contributed by atoms with Gasteiger partial charge in [-0.15, -0.1) is 0 Å². The summed E-state index contributed by atoms with van der Waals surface area (Å²) in [5, 5.41) is 8.86. The number of aromatic nitrogens is 2. The summed E-state index contributed by atoms with van der Waals surface area (Å²) < 4.78 is 38.2. The lowest BCUT2D eigenvalue weighted by Crippen LogP contribution is -2.53. The number of hydrogen-bond acceptors (Lipinski definition) is 6. The van der Waals surface area contributed by atoms with Crippen LogP contribution in [0, 0.1) is 6.92 Å². The minimum atomic E-state index is -4.61. The van der Waals surface area contributed by atoms with Crippen molar-refractivity contribution in [3.8, 4) is 0 Å². The standard InChI is InChI=1S/C23H28F3N7O/c1-15-4-6-17(7-5-15)20-19(32-10-8-31(3)9-11-32)14-33(30-20)22(34)29-16(2)18-12-27-21(28-13-18)23(24,25)26/h4-7,12-13,16,19H,8-11,14H2,1-3H3,(H,29,34)/t16-,19-/m1/s1. The third-order valence-electron chi connectivity index (χ3n) is 6.22. The molecular weight excluding hydrogens is 447 g/mol. The highest BCUT2D eigenvalue weighted by Crippen LogP contribution is 2.26. The van der Waals surface area contributed by atoms with Crippen molar-refractivity contribution in [3.05, 3.63) is 59.2 Å².